The van der Waals surface area contributed by atoms with Gasteiger partial charge in [-0.05, 0) is 67.7 Å². The first-order valence-corrected chi connectivity index (χ1v) is 12.3. The zero-order valence-corrected chi connectivity index (χ0v) is 19.2. The Morgan fingerprint density at radius 2 is 1.85 bits per heavy atom. The molecule has 176 valence electrons. The third kappa shape index (κ3) is 5.25. The number of sulfonamides is 1. The Bertz CT molecular complexity index is 1180. The van der Waals surface area contributed by atoms with E-state index < -0.39 is 16.6 Å². The fourth-order valence-corrected chi connectivity index (χ4v) is 5.95. The molecule has 1 heterocycles. The summed E-state index contributed by atoms with van der Waals surface area (Å²) in [5, 5.41) is 0. The van der Waals surface area contributed by atoms with Gasteiger partial charge in [0.2, 0.25) is 10.0 Å². The van der Waals surface area contributed by atoms with Gasteiger partial charge in [-0.3, -0.25) is 4.79 Å². The molecule has 0 unspecified atom stereocenters. The minimum Gasteiger partial charge on any atom is -0.435 e. The molecule has 0 spiro atoms. The number of amides is 1. The standard InChI is InChI=1S/C24H26F2N2O4S/c1-17-4-2-5-20(14-17)23(29)27-10-3-11-28(13-12-27)33(30,31)22-9-7-18-15-21(32-24(25)26)8-6-19(18)16-22/h2,4-6,8,14-16,24H,3,7,9-13H2,1H3. The molecule has 1 saturated heterocycles. The van der Waals surface area contributed by atoms with E-state index in [1.165, 1.54) is 16.4 Å². The third-order valence-corrected chi connectivity index (χ3v) is 8.00. The summed E-state index contributed by atoms with van der Waals surface area (Å²) in [5.74, 6) is -0.0279. The van der Waals surface area contributed by atoms with Crippen LogP contribution < -0.4 is 4.74 Å². The van der Waals surface area contributed by atoms with Gasteiger partial charge in [-0.15, -0.1) is 0 Å². The van der Waals surface area contributed by atoms with Crippen LogP contribution in [0.3, 0.4) is 0 Å². The van der Waals surface area contributed by atoms with Crippen molar-refractivity contribution in [1.82, 2.24) is 9.21 Å². The molecule has 0 atom stereocenters. The molecule has 1 aliphatic heterocycles. The highest BCUT2D eigenvalue weighted by molar-refractivity contribution is 7.93. The quantitative estimate of drug-likeness (QED) is 0.653. The summed E-state index contributed by atoms with van der Waals surface area (Å²) in [6.45, 7) is 0.406. The van der Waals surface area contributed by atoms with Crippen LogP contribution in [0.5, 0.6) is 5.75 Å². The number of rotatable bonds is 5. The zero-order chi connectivity index (χ0) is 23.6. The number of alkyl halides is 2. The maximum atomic E-state index is 13.3. The van der Waals surface area contributed by atoms with Gasteiger partial charge in [-0.25, -0.2) is 8.42 Å². The number of halogens is 2. The van der Waals surface area contributed by atoms with Gasteiger partial charge in [0, 0.05) is 31.7 Å². The molecule has 1 aliphatic carbocycles. The van der Waals surface area contributed by atoms with Crippen molar-refractivity contribution < 1.29 is 26.7 Å². The first kappa shape index (κ1) is 23.4. The van der Waals surface area contributed by atoms with Crippen LogP contribution >= 0.6 is 0 Å². The van der Waals surface area contributed by atoms with E-state index in [0.717, 1.165) is 11.1 Å². The van der Waals surface area contributed by atoms with Crippen LogP contribution in [0.1, 0.15) is 39.9 Å². The second-order valence-electron chi connectivity index (χ2n) is 8.27. The van der Waals surface area contributed by atoms with Crippen LogP contribution in [0.25, 0.3) is 6.08 Å². The Kier molecular flexibility index (Phi) is 6.81. The Hall–Kier alpha value is -2.78. The van der Waals surface area contributed by atoms with E-state index in [1.807, 2.05) is 25.1 Å². The molecule has 0 aromatic heterocycles. The minimum atomic E-state index is -3.70. The monoisotopic (exact) mass is 476 g/mol. The molecule has 2 aromatic rings. The van der Waals surface area contributed by atoms with E-state index in [9.17, 15) is 22.0 Å². The number of carbonyl (C=O) groups is 1. The number of benzene rings is 2. The van der Waals surface area contributed by atoms with Crippen LogP contribution in [-0.4, -0.2) is 56.3 Å². The Morgan fingerprint density at radius 1 is 1.03 bits per heavy atom. The minimum absolute atomic E-state index is 0.0642. The molecule has 0 saturated carbocycles. The lowest BCUT2D eigenvalue weighted by Crippen LogP contribution is -2.38. The van der Waals surface area contributed by atoms with Gasteiger partial charge in [0.25, 0.3) is 5.91 Å². The highest BCUT2D eigenvalue weighted by Gasteiger charge is 2.31. The van der Waals surface area contributed by atoms with Gasteiger partial charge in [0.15, 0.2) is 0 Å². The van der Waals surface area contributed by atoms with Crippen LogP contribution in [-0.2, 0) is 16.4 Å². The van der Waals surface area contributed by atoms with Gasteiger partial charge in [0.1, 0.15) is 5.75 Å². The number of allylic oxidation sites excluding steroid dienone is 1. The van der Waals surface area contributed by atoms with E-state index in [-0.39, 0.29) is 24.6 Å². The van der Waals surface area contributed by atoms with Crippen molar-refractivity contribution in [3.63, 3.8) is 0 Å². The number of ether oxygens (including phenoxy) is 1. The van der Waals surface area contributed by atoms with Gasteiger partial charge in [-0.1, -0.05) is 23.8 Å². The average Bonchev–Trinajstić information content (AvgIpc) is 3.04. The van der Waals surface area contributed by atoms with Crippen molar-refractivity contribution >= 4 is 22.0 Å². The second-order valence-corrected chi connectivity index (χ2v) is 10.3. The van der Waals surface area contributed by atoms with Gasteiger partial charge < -0.3 is 9.64 Å². The van der Waals surface area contributed by atoms with E-state index in [1.54, 1.807) is 23.1 Å². The third-order valence-electron chi connectivity index (χ3n) is 5.98. The molecule has 6 nitrogen and oxygen atoms in total. The summed E-state index contributed by atoms with van der Waals surface area (Å²) in [7, 11) is -3.70. The molecule has 0 bridgehead atoms. The van der Waals surface area contributed by atoms with Gasteiger partial charge in [0.05, 0.1) is 4.91 Å². The highest BCUT2D eigenvalue weighted by Crippen LogP contribution is 2.32. The largest absolute Gasteiger partial charge is 0.435 e. The van der Waals surface area contributed by atoms with E-state index in [2.05, 4.69) is 4.74 Å². The van der Waals surface area contributed by atoms with Crippen LogP contribution in [0.2, 0.25) is 0 Å². The van der Waals surface area contributed by atoms with Crippen molar-refractivity contribution in [2.45, 2.75) is 32.8 Å². The maximum absolute atomic E-state index is 13.3. The normalized spacial score (nSPS) is 17.3. The lowest BCUT2D eigenvalue weighted by atomic mass is 9.97. The van der Waals surface area contributed by atoms with Gasteiger partial charge >= 0.3 is 6.61 Å². The molecular weight excluding hydrogens is 450 g/mol. The topological polar surface area (TPSA) is 66.9 Å². The number of hydrogen-bond donors (Lipinski definition) is 0. The first-order valence-electron chi connectivity index (χ1n) is 10.9. The molecular formula is C24H26F2N2O4S. The lowest BCUT2D eigenvalue weighted by molar-refractivity contribution is -0.0498. The first-order chi connectivity index (χ1) is 15.7. The molecule has 2 aromatic carbocycles. The number of carbonyl (C=O) groups excluding carboxylic acids is 1. The number of aryl methyl sites for hydroxylation is 2. The fourth-order valence-electron chi connectivity index (χ4n) is 4.29. The van der Waals surface area contributed by atoms with Crippen LogP contribution in [0.4, 0.5) is 8.78 Å². The summed E-state index contributed by atoms with van der Waals surface area (Å²) in [6, 6.07) is 11.9. The second kappa shape index (κ2) is 9.61. The fraction of sp³-hybridized carbons (Fsp3) is 0.375. The zero-order valence-electron chi connectivity index (χ0n) is 18.3. The molecule has 0 N–H and O–H groups in total. The Morgan fingerprint density at radius 3 is 2.61 bits per heavy atom. The van der Waals surface area contributed by atoms with Crippen molar-refractivity contribution in [2.24, 2.45) is 0 Å². The summed E-state index contributed by atoms with van der Waals surface area (Å²) in [5.41, 5.74) is 3.07. The summed E-state index contributed by atoms with van der Waals surface area (Å²) < 4.78 is 57.5. The summed E-state index contributed by atoms with van der Waals surface area (Å²) in [4.78, 5) is 14.9. The highest BCUT2D eigenvalue weighted by atomic mass is 32.2. The van der Waals surface area contributed by atoms with E-state index in [4.69, 9.17) is 0 Å². The smallest absolute Gasteiger partial charge is 0.387 e. The molecule has 1 fully saturated rings. The maximum Gasteiger partial charge on any atom is 0.387 e. The van der Waals surface area contributed by atoms with E-state index >= 15 is 0 Å². The van der Waals surface area contributed by atoms with E-state index in [0.29, 0.717) is 48.5 Å². The Labute approximate surface area is 192 Å². The number of fused-ring (bicyclic) bond motifs is 1. The van der Waals surface area contributed by atoms with Gasteiger partial charge in [-0.2, -0.15) is 13.1 Å². The van der Waals surface area contributed by atoms with Crippen molar-refractivity contribution in [3.05, 3.63) is 69.6 Å². The van der Waals surface area contributed by atoms with Crippen molar-refractivity contribution in [2.75, 3.05) is 26.2 Å². The van der Waals surface area contributed by atoms with Crippen molar-refractivity contribution in [3.8, 4) is 5.75 Å². The summed E-state index contributed by atoms with van der Waals surface area (Å²) in [6.07, 6.45) is 2.87. The lowest BCUT2D eigenvalue weighted by Gasteiger charge is -2.25. The predicted molar refractivity (Wildman–Crippen MR) is 122 cm³/mol. The van der Waals surface area contributed by atoms with Crippen LogP contribution in [0, 0.1) is 6.92 Å². The molecule has 1 amide bonds. The number of hydrogen-bond acceptors (Lipinski definition) is 4. The summed E-state index contributed by atoms with van der Waals surface area (Å²) >= 11 is 0. The Balaban J connectivity index is 1.48. The average molecular weight is 477 g/mol. The van der Waals surface area contributed by atoms with Crippen molar-refractivity contribution in [1.29, 1.82) is 0 Å². The van der Waals surface area contributed by atoms with Crippen LogP contribution in [0.15, 0.2) is 47.4 Å². The number of nitrogens with zero attached hydrogens (tertiary/aromatic N) is 2. The molecule has 0 radical (unpaired) electrons. The SMILES string of the molecule is Cc1cccc(C(=O)N2CCCN(S(=O)(=O)C3=Cc4ccc(OC(F)F)cc4CC3)CC2)c1. The predicted octanol–water partition coefficient (Wildman–Crippen LogP) is 4.06. The molecule has 2 aliphatic rings. The molecule has 9 heteroatoms. The molecule has 4 rings (SSSR count). The molecule has 33 heavy (non-hydrogen) atoms.